The number of thiazole rings is 1. The number of hydrogen-bond acceptors (Lipinski definition) is 3. The lowest BCUT2D eigenvalue weighted by molar-refractivity contribution is 0.0950. The van der Waals surface area contributed by atoms with E-state index in [4.69, 9.17) is 0 Å². The van der Waals surface area contributed by atoms with Crippen molar-refractivity contribution in [2.24, 2.45) is 0 Å². The smallest absolute Gasteiger partial charge is 0.252 e. The first kappa shape index (κ1) is 12.3. The number of amides is 1. The molecule has 2 aromatic rings. The van der Waals surface area contributed by atoms with Gasteiger partial charge in [-0.2, -0.15) is 0 Å². The Morgan fingerprint density at radius 2 is 2.35 bits per heavy atom. The van der Waals surface area contributed by atoms with Crippen LogP contribution in [0.3, 0.4) is 0 Å². The molecule has 0 saturated heterocycles. The third-order valence-electron chi connectivity index (χ3n) is 2.25. The third-order valence-corrected chi connectivity index (χ3v) is 3.69. The van der Waals surface area contributed by atoms with Crippen LogP contribution in [-0.4, -0.2) is 10.9 Å². The van der Waals surface area contributed by atoms with Gasteiger partial charge < -0.3 is 5.32 Å². The average Bonchev–Trinajstić information content (AvgIpc) is 2.78. The standard InChI is InChI=1S/C12H11BrN2OS/c1-8-2-3-9(10(13)6-8)12(16)15-7-11-14-4-5-17-11/h2-6H,7H2,1H3,(H,15,16). The summed E-state index contributed by atoms with van der Waals surface area (Å²) in [5, 5.41) is 5.64. The van der Waals surface area contributed by atoms with E-state index < -0.39 is 0 Å². The Hall–Kier alpha value is -1.20. The fourth-order valence-electron chi connectivity index (χ4n) is 1.40. The minimum Gasteiger partial charge on any atom is -0.345 e. The number of rotatable bonds is 3. The number of nitrogens with zero attached hydrogens (tertiary/aromatic N) is 1. The van der Waals surface area contributed by atoms with Crippen molar-refractivity contribution in [1.29, 1.82) is 0 Å². The molecule has 0 fully saturated rings. The van der Waals surface area contributed by atoms with Crippen LogP contribution in [0.4, 0.5) is 0 Å². The zero-order valence-corrected chi connectivity index (χ0v) is 11.6. The summed E-state index contributed by atoms with van der Waals surface area (Å²) in [6.45, 7) is 2.46. The third kappa shape index (κ3) is 3.14. The van der Waals surface area contributed by atoms with Gasteiger partial charge in [0.1, 0.15) is 5.01 Å². The van der Waals surface area contributed by atoms with E-state index in [9.17, 15) is 4.79 Å². The van der Waals surface area contributed by atoms with Crippen molar-refractivity contribution < 1.29 is 4.79 Å². The molecule has 0 radical (unpaired) electrons. The number of aromatic nitrogens is 1. The van der Waals surface area contributed by atoms with Gasteiger partial charge in [0.15, 0.2) is 0 Å². The molecule has 1 amide bonds. The van der Waals surface area contributed by atoms with Crippen LogP contribution in [0.1, 0.15) is 20.9 Å². The van der Waals surface area contributed by atoms with Gasteiger partial charge >= 0.3 is 0 Å². The van der Waals surface area contributed by atoms with Crippen molar-refractivity contribution in [3.05, 3.63) is 50.4 Å². The van der Waals surface area contributed by atoms with Crippen molar-refractivity contribution >= 4 is 33.2 Å². The van der Waals surface area contributed by atoms with Crippen molar-refractivity contribution in [3.63, 3.8) is 0 Å². The van der Waals surface area contributed by atoms with Gasteiger partial charge in [-0.25, -0.2) is 4.98 Å². The topological polar surface area (TPSA) is 42.0 Å². The molecule has 0 atom stereocenters. The Balaban J connectivity index is 2.04. The summed E-state index contributed by atoms with van der Waals surface area (Å²) < 4.78 is 0.814. The highest BCUT2D eigenvalue weighted by molar-refractivity contribution is 9.10. The maximum atomic E-state index is 11.9. The molecule has 1 N–H and O–H groups in total. The summed E-state index contributed by atoms with van der Waals surface area (Å²) in [5.41, 5.74) is 1.76. The quantitative estimate of drug-likeness (QED) is 0.946. The molecule has 1 heterocycles. The Labute approximate surface area is 112 Å². The molecule has 0 aliphatic heterocycles. The molecule has 0 spiro atoms. The van der Waals surface area contributed by atoms with Crippen LogP contribution in [0.25, 0.3) is 0 Å². The molecule has 3 nitrogen and oxygen atoms in total. The minimum absolute atomic E-state index is 0.0907. The molecule has 1 aromatic carbocycles. The van der Waals surface area contributed by atoms with E-state index in [1.807, 2.05) is 30.5 Å². The largest absolute Gasteiger partial charge is 0.345 e. The SMILES string of the molecule is Cc1ccc(C(=O)NCc2nccs2)c(Br)c1. The molecule has 17 heavy (non-hydrogen) atoms. The zero-order valence-electron chi connectivity index (χ0n) is 9.24. The number of carbonyl (C=O) groups excluding carboxylic acids is 1. The summed E-state index contributed by atoms with van der Waals surface area (Å²) in [6.07, 6.45) is 1.73. The van der Waals surface area contributed by atoms with Crippen molar-refractivity contribution in [2.75, 3.05) is 0 Å². The van der Waals surface area contributed by atoms with Gasteiger partial charge in [0.25, 0.3) is 5.91 Å². The maximum Gasteiger partial charge on any atom is 0.252 e. The molecule has 2 rings (SSSR count). The highest BCUT2D eigenvalue weighted by Crippen LogP contribution is 2.18. The number of aryl methyl sites for hydroxylation is 1. The fraction of sp³-hybridized carbons (Fsp3) is 0.167. The number of carbonyl (C=O) groups is 1. The average molecular weight is 311 g/mol. The lowest BCUT2D eigenvalue weighted by atomic mass is 10.1. The Morgan fingerprint density at radius 3 is 3.00 bits per heavy atom. The molecule has 0 saturated carbocycles. The van der Waals surface area contributed by atoms with Crippen LogP contribution in [0, 0.1) is 6.92 Å². The number of benzene rings is 1. The molecule has 0 aliphatic carbocycles. The van der Waals surface area contributed by atoms with E-state index in [0.29, 0.717) is 12.1 Å². The van der Waals surface area contributed by atoms with Crippen LogP contribution in [0.2, 0.25) is 0 Å². The second-order valence-corrected chi connectivity index (χ2v) is 5.43. The van der Waals surface area contributed by atoms with Gasteiger partial charge in [-0.3, -0.25) is 4.79 Å². The van der Waals surface area contributed by atoms with Crippen molar-refractivity contribution in [2.45, 2.75) is 13.5 Å². The van der Waals surface area contributed by atoms with Gasteiger partial charge in [0.2, 0.25) is 0 Å². The molecule has 0 unspecified atom stereocenters. The van der Waals surface area contributed by atoms with E-state index in [1.54, 1.807) is 6.20 Å². The molecular weight excluding hydrogens is 300 g/mol. The van der Waals surface area contributed by atoms with Crippen LogP contribution < -0.4 is 5.32 Å². The van der Waals surface area contributed by atoms with Gasteiger partial charge in [0, 0.05) is 16.0 Å². The van der Waals surface area contributed by atoms with Crippen molar-refractivity contribution in [3.8, 4) is 0 Å². The predicted octanol–water partition coefficient (Wildman–Crippen LogP) is 3.14. The first-order valence-electron chi connectivity index (χ1n) is 5.09. The first-order valence-corrected chi connectivity index (χ1v) is 6.77. The number of halogens is 1. The fourth-order valence-corrected chi connectivity index (χ4v) is 2.63. The lowest BCUT2D eigenvalue weighted by Crippen LogP contribution is -2.23. The van der Waals surface area contributed by atoms with Crippen molar-refractivity contribution in [1.82, 2.24) is 10.3 Å². The summed E-state index contributed by atoms with van der Waals surface area (Å²) in [6, 6.07) is 5.66. The van der Waals surface area contributed by atoms with Crippen LogP contribution in [0.5, 0.6) is 0 Å². The molecule has 5 heteroatoms. The first-order chi connectivity index (χ1) is 8.16. The molecule has 0 bridgehead atoms. The monoisotopic (exact) mass is 310 g/mol. The van der Waals surface area contributed by atoms with Gasteiger partial charge in [0.05, 0.1) is 12.1 Å². The summed E-state index contributed by atoms with van der Waals surface area (Å²) in [4.78, 5) is 16.0. The van der Waals surface area contributed by atoms with Crippen LogP contribution in [-0.2, 0) is 6.54 Å². The second-order valence-electron chi connectivity index (χ2n) is 3.59. The highest BCUT2D eigenvalue weighted by atomic mass is 79.9. The molecule has 88 valence electrons. The Morgan fingerprint density at radius 1 is 1.53 bits per heavy atom. The van der Waals surface area contributed by atoms with E-state index in [2.05, 4.69) is 26.2 Å². The predicted molar refractivity (Wildman–Crippen MR) is 72.2 cm³/mol. The normalized spacial score (nSPS) is 10.2. The van der Waals surface area contributed by atoms with E-state index in [1.165, 1.54) is 11.3 Å². The zero-order chi connectivity index (χ0) is 12.3. The van der Waals surface area contributed by atoms with E-state index >= 15 is 0 Å². The van der Waals surface area contributed by atoms with Crippen LogP contribution >= 0.6 is 27.3 Å². The van der Waals surface area contributed by atoms with E-state index in [-0.39, 0.29) is 5.91 Å². The van der Waals surface area contributed by atoms with E-state index in [0.717, 1.165) is 15.0 Å². The molecule has 1 aromatic heterocycles. The maximum absolute atomic E-state index is 11.9. The van der Waals surface area contributed by atoms with Gasteiger partial charge in [-0.15, -0.1) is 11.3 Å². The minimum atomic E-state index is -0.0907. The Bertz CT molecular complexity index is 525. The van der Waals surface area contributed by atoms with Gasteiger partial charge in [-0.05, 0) is 40.5 Å². The summed E-state index contributed by atoms with van der Waals surface area (Å²) in [5.74, 6) is -0.0907. The number of hydrogen-bond donors (Lipinski definition) is 1. The lowest BCUT2D eigenvalue weighted by Gasteiger charge is -2.06. The second kappa shape index (κ2) is 5.42. The summed E-state index contributed by atoms with van der Waals surface area (Å²) in [7, 11) is 0. The Kier molecular flexibility index (Phi) is 3.91. The number of nitrogens with one attached hydrogen (secondary N) is 1. The highest BCUT2D eigenvalue weighted by Gasteiger charge is 2.09. The molecule has 0 aliphatic rings. The van der Waals surface area contributed by atoms with Gasteiger partial charge in [-0.1, -0.05) is 6.07 Å². The van der Waals surface area contributed by atoms with Crippen LogP contribution in [0.15, 0.2) is 34.2 Å². The molecular formula is C12H11BrN2OS. The summed E-state index contributed by atoms with van der Waals surface area (Å²) >= 11 is 4.92.